The summed E-state index contributed by atoms with van der Waals surface area (Å²) in [6.45, 7) is 0. The third-order valence-corrected chi connectivity index (χ3v) is 0. The van der Waals surface area contributed by atoms with Crippen molar-refractivity contribution in [2.24, 2.45) is 0 Å². The van der Waals surface area contributed by atoms with Crippen LogP contribution in [0.4, 0.5) is 0 Å². The molecule has 0 aliphatic heterocycles. The first-order valence-corrected chi connectivity index (χ1v) is 0. The third kappa shape index (κ3) is 32.1. The maximum atomic E-state index is 0. The van der Waals surface area contributed by atoms with Crippen LogP contribution < -0.4 is 49.6 Å². The summed E-state index contributed by atoms with van der Waals surface area (Å²) in [5, 5.41) is 0. The molecule has 0 spiro atoms. The Morgan fingerprint density at radius 2 is 0.333 bits per heavy atom. The second-order valence-electron chi connectivity index (χ2n) is 0. The van der Waals surface area contributed by atoms with E-state index >= 15 is 0 Å². The molecule has 0 aromatic carbocycles. The topological polar surface area (TPSA) is 0 Å². The van der Waals surface area contributed by atoms with Crippen molar-refractivity contribution >= 4 is 0 Å². The molecular formula is Cl4Os2. The minimum Gasteiger partial charge on any atom is -1.00 e. The zero-order chi connectivity index (χ0) is 0. The molecule has 44 valence electrons. The summed E-state index contributed by atoms with van der Waals surface area (Å²) in [6.07, 6.45) is 0. The average molecular weight is 522 g/mol. The van der Waals surface area contributed by atoms with Crippen LogP contribution in [0.15, 0.2) is 0 Å². The number of hydrogen-bond donors (Lipinski definition) is 0. The Kier molecular flexibility index (Phi) is 682. The Hall–Kier alpha value is 2.43. The Balaban J connectivity index is 0. The van der Waals surface area contributed by atoms with Crippen molar-refractivity contribution < 1.29 is 89.2 Å². The van der Waals surface area contributed by atoms with E-state index in [9.17, 15) is 0 Å². The fourth-order valence-electron chi connectivity index (χ4n) is 0. The molecule has 0 unspecified atom stereocenters. The zero-order valence-electron chi connectivity index (χ0n) is 2.22. The van der Waals surface area contributed by atoms with Gasteiger partial charge in [0.15, 0.2) is 0 Å². The van der Waals surface area contributed by atoms with Gasteiger partial charge in [0.05, 0.1) is 0 Å². The van der Waals surface area contributed by atoms with Crippen molar-refractivity contribution in [2.75, 3.05) is 0 Å². The third-order valence-electron chi connectivity index (χ3n) is 0. The molecule has 0 aromatic rings. The van der Waals surface area contributed by atoms with E-state index in [0.717, 1.165) is 0 Å². The molecule has 0 amide bonds. The summed E-state index contributed by atoms with van der Waals surface area (Å²) in [5.41, 5.74) is 0. The first-order chi connectivity index (χ1) is 0. The molecule has 0 aromatic heterocycles. The zero-order valence-corrected chi connectivity index (χ0v) is 10.3. The quantitative estimate of drug-likeness (QED) is 0.297. The molecule has 0 nitrogen and oxygen atoms in total. The van der Waals surface area contributed by atoms with Gasteiger partial charge in [-0.15, -0.1) is 0 Å². The number of halogens is 4. The van der Waals surface area contributed by atoms with Gasteiger partial charge in [0, 0.05) is 0 Å². The van der Waals surface area contributed by atoms with Crippen molar-refractivity contribution in [1.29, 1.82) is 0 Å². The number of rotatable bonds is 0. The van der Waals surface area contributed by atoms with Crippen LogP contribution in [-0.2, 0) is 39.6 Å². The van der Waals surface area contributed by atoms with Crippen LogP contribution in [0.25, 0.3) is 0 Å². The van der Waals surface area contributed by atoms with Gasteiger partial charge in [-0.2, -0.15) is 0 Å². The van der Waals surface area contributed by atoms with Gasteiger partial charge in [0.25, 0.3) is 0 Å². The predicted molar refractivity (Wildman–Crippen MR) is 0 cm³/mol. The number of hydrogen-bond acceptors (Lipinski definition) is 0. The van der Waals surface area contributed by atoms with Gasteiger partial charge in [-0.3, -0.25) is 0 Å². The summed E-state index contributed by atoms with van der Waals surface area (Å²) in [6, 6.07) is 0. The van der Waals surface area contributed by atoms with Gasteiger partial charge in [-0.1, -0.05) is 0 Å². The SMILES string of the molecule is [Cl-].[Cl-].[Cl-].[Cl-].[Os+2].[Os+2]. The molecular weight excluding hydrogens is 522 g/mol. The van der Waals surface area contributed by atoms with E-state index in [1.807, 2.05) is 0 Å². The molecule has 0 N–H and O–H groups in total. The van der Waals surface area contributed by atoms with Crippen molar-refractivity contribution in [2.45, 2.75) is 0 Å². The first kappa shape index (κ1) is 78.7. The summed E-state index contributed by atoms with van der Waals surface area (Å²) < 4.78 is 0. The summed E-state index contributed by atoms with van der Waals surface area (Å²) in [4.78, 5) is 0. The van der Waals surface area contributed by atoms with Crippen LogP contribution >= 0.6 is 0 Å². The van der Waals surface area contributed by atoms with Gasteiger partial charge in [-0.05, 0) is 0 Å². The monoisotopic (exact) mass is 524 g/mol. The Morgan fingerprint density at radius 3 is 0.333 bits per heavy atom. The largest absolute Gasteiger partial charge is 2.00 e. The maximum Gasteiger partial charge on any atom is 2.00 e. The molecule has 6 heavy (non-hydrogen) atoms. The van der Waals surface area contributed by atoms with Crippen molar-refractivity contribution in [3.05, 3.63) is 0 Å². The average Bonchev–Trinajstić information content (AvgIpc) is 0. The molecule has 0 bridgehead atoms. The molecule has 6 heteroatoms. The van der Waals surface area contributed by atoms with E-state index in [2.05, 4.69) is 0 Å². The first-order valence-electron chi connectivity index (χ1n) is 0. The van der Waals surface area contributed by atoms with Gasteiger partial charge < -0.3 is 49.6 Å². The summed E-state index contributed by atoms with van der Waals surface area (Å²) in [7, 11) is 0. The van der Waals surface area contributed by atoms with Gasteiger partial charge >= 0.3 is 39.6 Å². The van der Waals surface area contributed by atoms with E-state index in [-0.39, 0.29) is 89.2 Å². The van der Waals surface area contributed by atoms with Crippen molar-refractivity contribution in [3.63, 3.8) is 0 Å². The van der Waals surface area contributed by atoms with Crippen LogP contribution in [0.3, 0.4) is 0 Å². The minimum absolute atomic E-state index is 0. The molecule has 0 heterocycles. The Morgan fingerprint density at radius 1 is 0.333 bits per heavy atom. The fraction of sp³-hybridized carbons (Fsp3) is 0. The molecule has 0 fully saturated rings. The van der Waals surface area contributed by atoms with Crippen LogP contribution in [0.2, 0.25) is 0 Å². The van der Waals surface area contributed by atoms with E-state index < -0.39 is 0 Å². The van der Waals surface area contributed by atoms with Gasteiger partial charge in [0.1, 0.15) is 0 Å². The standard InChI is InChI=1S/4ClH.2Os/h4*1H;;/q;;;;2*+2/p-4. The normalized spacial score (nSPS) is 0. The van der Waals surface area contributed by atoms with Crippen LogP contribution in [0.1, 0.15) is 0 Å². The van der Waals surface area contributed by atoms with Gasteiger partial charge in [0.2, 0.25) is 0 Å². The van der Waals surface area contributed by atoms with Gasteiger partial charge in [-0.25, -0.2) is 0 Å². The Labute approximate surface area is 88.3 Å². The van der Waals surface area contributed by atoms with E-state index in [0.29, 0.717) is 0 Å². The second kappa shape index (κ2) is 52.0. The fourth-order valence-corrected chi connectivity index (χ4v) is 0. The summed E-state index contributed by atoms with van der Waals surface area (Å²) >= 11 is 0. The van der Waals surface area contributed by atoms with E-state index in [1.54, 1.807) is 0 Å². The molecule has 0 rings (SSSR count). The molecule has 0 atom stereocenters. The maximum absolute atomic E-state index is 0. The van der Waals surface area contributed by atoms with Crippen LogP contribution in [0, 0.1) is 0 Å². The molecule has 0 radical (unpaired) electrons. The van der Waals surface area contributed by atoms with Crippen molar-refractivity contribution in [1.82, 2.24) is 0 Å². The molecule has 0 aliphatic carbocycles. The van der Waals surface area contributed by atoms with E-state index in [4.69, 9.17) is 0 Å². The predicted octanol–water partition coefficient (Wildman–Crippen LogP) is -12.0. The molecule has 0 saturated heterocycles. The molecule has 0 saturated carbocycles. The van der Waals surface area contributed by atoms with Crippen LogP contribution in [0.5, 0.6) is 0 Å². The second-order valence-corrected chi connectivity index (χ2v) is 0. The van der Waals surface area contributed by atoms with E-state index in [1.165, 1.54) is 0 Å². The van der Waals surface area contributed by atoms with Crippen LogP contribution in [-0.4, -0.2) is 0 Å². The Bertz CT molecular complexity index is 5.51. The van der Waals surface area contributed by atoms with Crippen molar-refractivity contribution in [3.8, 4) is 0 Å². The molecule has 0 aliphatic rings. The summed E-state index contributed by atoms with van der Waals surface area (Å²) in [5.74, 6) is 0. The minimum atomic E-state index is 0. The smallest absolute Gasteiger partial charge is 1.00 e.